The molecule has 31 heavy (non-hydrogen) atoms. The van der Waals surface area contributed by atoms with Crippen LogP contribution in [0.4, 0.5) is 11.4 Å². The van der Waals surface area contributed by atoms with Gasteiger partial charge in [-0.05, 0) is 18.6 Å². The van der Waals surface area contributed by atoms with Gasteiger partial charge in [0.05, 0.1) is 11.5 Å². The molecule has 10 nitrogen and oxygen atoms in total. The van der Waals surface area contributed by atoms with E-state index < -0.39 is 34.9 Å². The lowest BCUT2D eigenvalue weighted by Crippen LogP contribution is -2.46. The van der Waals surface area contributed by atoms with E-state index in [1.165, 1.54) is 24.3 Å². The Kier molecular flexibility index (Phi) is 8.64. The Hall–Kier alpha value is -3.79. The minimum atomic E-state index is -1.34. The van der Waals surface area contributed by atoms with Gasteiger partial charge in [0.2, 0.25) is 11.8 Å². The number of rotatable bonds is 10. The number of aliphatic hydroxyl groups is 1. The summed E-state index contributed by atoms with van der Waals surface area (Å²) in [5, 5.41) is 26.2. The van der Waals surface area contributed by atoms with Crippen molar-refractivity contribution >= 4 is 29.2 Å². The number of nitro groups is 1. The number of aliphatic hydroxyl groups excluding tert-OH is 1. The van der Waals surface area contributed by atoms with Gasteiger partial charge in [0.15, 0.2) is 6.04 Å². The van der Waals surface area contributed by atoms with Crippen molar-refractivity contribution < 1.29 is 29.2 Å². The molecule has 2 amide bonds. The van der Waals surface area contributed by atoms with Crippen LogP contribution in [-0.2, 0) is 19.1 Å². The molecule has 0 saturated carbocycles. The number of nitro benzene ring substituents is 1. The van der Waals surface area contributed by atoms with Gasteiger partial charge in [-0.2, -0.15) is 0 Å². The van der Waals surface area contributed by atoms with Gasteiger partial charge in [-0.1, -0.05) is 36.4 Å². The number of hydrogen-bond donors (Lipinski definition) is 3. The third kappa shape index (κ3) is 7.19. The van der Waals surface area contributed by atoms with E-state index in [-0.39, 0.29) is 30.8 Å². The summed E-state index contributed by atoms with van der Waals surface area (Å²) in [7, 11) is 0. The van der Waals surface area contributed by atoms with E-state index >= 15 is 0 Å². The number of carbonyl (C=O) groups is 3. The van der Waals surface area contributed by atoms with Crippen molar-refractivity contribution in [1.82, 2.24) is 5.32 Å². The second kappa shape index (κ2) is 11.4. The Morgan fingerprint density at radius 1 is 1.06 bits per heavy atom. The first kappa shape index (κ1) is 23.5. The molecule has 0 heterocycles. The summed E-state index contributed by atoms with van der Waals surface area (Å²) >= 11 is 0. The highest BCUT2D eigenvalue weighted by Crippen LogP contribution is 2.19. The zero-order valence-corrected chi connectivity index (χ0v) is 16.8. The fraction of sp³-hybridized carbons (Fsp3) is 0.286. The molecule has 0 radical (unpaired) electrons. The maximum atomic E-state index is 12.3. The van der Waals surface area contributed by atoms with Crippen molar-refractivity contribution in [2.45, 2.75) is 31.9 Å². The van der Waals surface area contributed by atoms with E-state index in [1.807, 2.05) is 0 Å². The second-order valence-electron chi connectivity index (χ2n) is 6.51. The predicted molar refractivity (Wildman–Crippen MR) is 111 cm³/mol. The molecule has 2 aromatic rings. The number of anilines is 1. The average molecular weight is 429 g/mol. The molecule has 164 valence electrons. The molecular formula is C21H23N3O7. The smallest absolute Gasteiger partial charge is 0.331 e. The first-order chi connectivity index (χ1) is 14.8. The highest BCUT2D eigenvalue weighted by Gasteiger charge is 2.31. The third-order valence-electron chi connectivity index (χ3n) is 4.23. The maximum Gasteiger partial charge on any atom is 0.331 e. The molecule has 2 aromatic carbocycles. The minimum Gasteiger partial charge on any atom is -0.464 e. The van der Waals surface area contributed by atoms with Gasteiger partial charge in [0.25, 0.3) is 5.69 Å². The summed E-state index contributed by atoms with van der Waals surface area (Å²) in [6.45, 7) is 1.67. The van der Waals surface area contributed by atoms with Crippen molar-refractivity contribution in [3.8, 4) is 0 Å². The first-order valence-corrected chi connectivity index (χ1v) is 9.55. The fourth-order valence-corrected chi connectivity index (χ4v) is 2.73. The van der Waals surface area contributed by atoms with Gasteiger partial charge in [-0.25, -0.2) is 4.79 Å². The van der Waals surface area contributed by atoms with E-state index in [9.17, 15) is 29.6 Å². The van der Waals surface area contributed by atoms with Crippen LogP contribution in [0.2, 0.25) is 0 Å². The van der Waals surface area contributed by atoms with Crippen LogP contribution in [-0.4, -0.2) is 40.5 Å². The molecule has 0 fully saturated rings. The fourth-order valence-electron chi connectivity index (χ4n) is 2.73. The zero-order valence-electron chi connectivity index (χ0n) is 16.8. The lowest BCUT2D eigenvalue weighted by Gasteiger charge is -2.22. The molecule has 0 saturated heterocycles. The molecule has 0 bridgehead atoms. The van der Waals surface area contributed by atoms with Gasteiger partial charge >= 0.3 is 5.97 Å². The number of nitrogens with one attached hydrogen (secondary N) is 2. The van der Waals surface area contributed by atoms with E-state index in [4.69, 9.17) is 4.74 Å². The molecule has 0 aliphatic rings. The molecule has 0 aliphatic heterocycles. The average Bonchev–Trinajstić information content (AvgIpc) is 2.76. The van der Waals surface area contributed by atoms with Crippen LogP contribution in [0.1, 0.15) is 31.4 Å². The largest absolute Gasteiger partial charge is 0.464 e. The summed E-state index contributed by atoms with van der Waals surface area (Å²) in [6.07, 6.45) is -1.83. The standard InChI is InChI=1S/C21H23N3O7/c1-2-31-21(28)19(20(27)14-7-4-3-5-8-14)23-18(26)12-11-17(25)22-15-9-6-10-16(13-15)24(29)30/h3-10,13,19-20,27H,2,11-12H2,1H3,(H,22,25)(H,23,26). The van der Waals surface area contributed by atoms with E-state index in [1.54, 1.807) is 37.3 Å². The number of nitrogens with zero attached hydrogens (tertiary/aromatic N) is 1. The molecule has 10 heteroatoms. The third-order valence-corrected chi connectivity index (χ3v) is 4.23. The number of esters is 1. The summed E-state index contributed by atoms with van der Waals surface area (Å²) < 4.78 is 4.93. The van der Waals surface area contributed by atoms with E-state index in [2.05, 4.69) is 10.6 Å². The van der Waals surface area contributed by atoms with Crippen LogP contribution in [0.15, 0.2) is 54.6 Å². The number of hydrogen-bond acceptors (Lipinski definition) is 7. The zero-order chi connectivity index (χ0) is 22.8. The molecule has 2 rings (SSSR count). The van der Waals surface area contributed by atoms with Crippen molar-refractivity contribution in [3.63, 3.8) is 0 Å². The quantitative estimate of drug-likeness (QED) is 0.297. The Balaban J connectivity index is 1.95. The molecule has 2 atom stereocenters. The Labute approximate surface area is 178 Å². The number of ether oxygens (including phenoxy) is 1. The van der Waals surface area contributed by atoms with Crippen LogP contribution in [0.5, 0.6) is 0 Å². The Bertz CT molecular complexity index is 934. The number of amides is 2. The van der Waals surface area contributed by atoms with Crippen molar-refractivity contribution in [3.05, 3.63) is 70.3 Å². The summed E-state index contributed by atoms with van der Waals surface area (Å²) in [5.74, 6) is -1.97. The first-order valence-electron chi connectivity index (χ1n) is 9.55. The monoisotopic (exact) mass is 429 g/mol. The van der Waals surface area contributed by atoms with E-state index in [0.717, 1.165) is 0 Å². The Morgan fingerprint density at radius 3 is 2.39 bits per heavy atom. The summed E-state index contributed by atoms with van der Waals surface area (Å²) in [6, 6.07) is 12.4. The second-order valence-corrected chi connectivity index (χ2v) is 6.51. The van der Waals surface area contributed by atoms with Gasteiger partial charge in [0.1, 0.15) is 6.10 Å². The molecule has 0 aromatic heterocycles. The maximum absolute atomic E-state index is 12.3. The predicted octanol–water partition coefficient (Wildman–Crippen LogP) is 2.09. The molecule has 0 aliphatic carbocycles. The van der Waals surface area contributed by atoms with E-state index in [0.29, 0.717) is 5.56 Å². The molecule has 2 unspecified atom stereocenters. The number of benzene rings is 2. The van der Waals surface area contributed by atoms with Crippen LogP contribution in [0, 0.1) is 10.1 Å². The summed E-state index contributed by atoms with van der Waals surface area (Å²) in [4.78, 5) is 46.8. The lowest BCUT2D eigenvalue weighted by atomic mass is 10.0. The van der Waals surface area contributed by atoms with Crippen molar-refractivity contribution in [1.29, 1.82) is 0 Å². The highest BCUT2D eigenvalue weighted by atomic mass is 16.6. The Morgan fingerprint density at radius 2 is 1.74 bits per heavy atom. The van der Waals surface area contributed by atoms with Crippen LogP contribution < -0.4 is 10.6 Å². The van der Waals surface area contributed by atoms with Crippen molar-refractivity contribution in [2.24, 2.45) is 0 Å². The van der Waals surface area contributed by atoms with Crippen LogP contribution in [0.3, 0.4) is 0 Å². The van der Waals surface area contributed by atoms with Crippen molar-refractivity contribution in [2.75, 3.05) is 11.9 Å². The molecule has 0 spiro atoms. The van der Waals surface area contributed by atoms with Gasteiger partial charge in [-0.15, -0.1) is 0 Å². The number of carbonyl (C=O) groups excluding carboxylic acids is 3. The SMILES string of the molecule is CCOC(=O)C(NC(=O)CCC(=O)Nc1cccc([N+](=O)[O-])c1)C(O)c1ccccc1. The molecular weight excluding hydrogens is 406 g/mol. The van der Waals surface area contributed by atoms with Gasteiger partial charge < -0.3 is 20.5 Å². The minimum absolute atomic E-state index is 0.0678. The molecule has 3 N–H and O–H groups in total. The normalized spacial score (nSPS) is 12.3. The lowest BCUT2D eigenvalue weighted by molar-refractivity contribution is -0.384. The van der Waals surface area contributed by atoms with Gasteiger partial charge in [0, 0.05) is 30.7 Å². The van der Waals surface area contributed by atoms with Crippen LogP contribution >= 0.6 is 0 Å². The highest BCUT2D eigenvalue weighted by molar-refractivity contribution is 5.94. The number of non-ortho nitro benzene ring substituents is 1. The summed E-state index contributed by atoms with van der Waals surface area (Å²) in [5.41, 5.74) is 0.468. The topological polar surface area (TPSA) is 148 Å². The van der Waals surface area contributed by atoms with Gasteiger partial charge in [-0.3, -0.25) is 19.7 Å². The van der Waals surface area contributed by atoms with Crippen LogP contribution in [0.25, 0.3) is 0 Å².